The van der Waals surface area contributed by atoms with Crippen LogP contribution < -0.4 is 10.6 Å². The van der Waals surface area contributed by atoms with Crippen LogP contribution in [0.1, 0.15) is 16.1 Å². The largest absolute Gasteiger partial charge is 0.472 e. The average Bonchev–Trinajstić information content (AvgIpc) is 3.18. The molecule has 0 aliphatic rings. The van der Waals surface area contributed by atoms with Crippen LogP contribution in [0.25, 0.3) is 0 Å². The van der Waals surface area contributed by atoms with Crippen LogP contribution in [0.4, 0.5) is 9.93 Å². The Kier molecular flexibility index (Phi) is 4.45. The molecule has 22 heavy (non-hydrogen) atoms. The summed E-state index contributed by atoms with van der Waals surface area (Å²) in [6, 6.07) is 11.5. The third-order valence-corrected chi connectivity index (χ3v) is 3.76. The van der Waals surface area contributed by atoms with Crippen molar-refractivity contribution in [1.82, 2.24) is 15.5 Å². The predicted molar refractivity (Wildman–Crippen MR) is 83.7 cm³/mol. The van der Waals surface area contributed by atoms with Crippen molar-refractivity contribution < 1.29 is 9.21 Å². The van der Waals surface area contributed by atoms with Crippen LogP contribution in [0.5, 0.6) is 0 Å². The van der Waals surface area contributed by atoms with E-state index < -0.39 is 0 Å². The van der Waals surface area contributed by atoms with Gasteiger partial charge in [0.2, 0.25) is 5.13 Å². The summed E-state index contributed by atoms with van der Waals surface area (Å²) in [5, 5.41) is 14.8. The number of carbonyl (C=O) groups is 1. The lowest BCUT2D eigenvalue weighted by Gasteiger charge is -2.02. The number of hydrogen-bond donors (Lipinski definition) is 2. The summed E-state index contributed by atoms with van der Waals surface area (Å²) in [6.07, 6.45) is 3.86. The van der Waals surface area contributed by atoms with Gasteiger partial charge in [0.05, 0.1) is 12.5 Å². The van der Waals surface area contributed by atoms with Gasteiger partial charge in [0, 0.05) is 18.5 Å². The number of urea groups is 1. The third-order valence-electron chi connectivity index (χ3n) is 2.92. The molecule has 0 aliphatic heterocycles. The lowest BCUT2D eigenvalue weighted by Crippen LogP contribution is -2.27. The number of nitrogens with one attached hydrogen (secondary N) is 2. The van der Waals surface area contributed by atoms with E-state index in [-0.39, 0.29) is 6.03 Å². The minimum Gasteiger partial charge on any atom is -0.472 e. The molecule has 2 N–H and O–H groups in total. The van der Waals surface area contributed by atoms with E-state index in [1.54, 1.807) is 18.6 Å². The van der Waals surface area contributed by atoms with Gasteiger partial charge in [-0.1, -0.05) is 41.7 Å². The number of amides is 2. The van der Waals surface area contributed by atoms with Crippen LogP contribution in [-0.4, -0.2) is 16.2 Å². The summed E-state index contributed by atoms with van der Waals surface area (Å²) in [5.41, 5.74) is 2.06. The number of carbonyl (C=O) groups excluding carboxylic acids is 1. The van der Waals surface area contributed by atoms with E-state index in [0.29, 0.717) is 18.1 Å². The van der Waals surface area contributed by atoms with Gasteiger partial charge in [0.25, 0.3) is 0 Å². The molecule has 0 bridgehead atoms. The summed E-state index contributed by atoms with van der Waals surface area (Å²) in [6.45, 7) is 0.401. The van der Waals surface area contributed by atoms with E-state index in [2.05, 4.69) is 20.8 Å². The van der Waals surface area contributed by atoms with Crippen molar-refractivity contribution in [2.75, 3.05) is 5.32 Å². The van der Waals surface area contributed by atoms with E-state index in [1.807, 2.05) is 30.3 Å². The second-order valence-electron chi connectivity index (χ2n) is 4.60. The summed E-state index contributed by atoms with van der Waals surface area (Å²) >= 11 is 1.37. The molecule has 0 saturated heterocycles. The fraction of sp³-hybridized carbons (Fsp3) is 0.133. The molecule has 0 unspecified atom stereocenters. The van der Waals surface area contributed by atoms with Crippen molar-refractivity contribution in [3.05, 3.63) is 65.1 Å². The molecule has 1 aromatic carbocycles. The first-order chi connectivity index (χ1) is 10.8. The van der Waals surface area contributed by atoms with Gasteiger partial charge in [-0.3, -0.25) is 5.32 Å². The van der Waals surface area contributed by atoms with Crippen LogP contribution >= 0.6 is 11.3 Å². The summed E-state index contributed by atoms with van der Waals surface area (Å²) in [4.78, 5) is 11.8. The number of rotatable bonds is 5. The zero-order valence-electron chi connectivity index (χ0n) is 11.7. The Bertz CT molecular complexity index is 725. The molecule has 2 amide bonds. The van der Waals surface area contributed by atoms with Gasteiger partial charge in [0.1, 0.15) is 5.01 Å². The predicted octanol–water partition coefficient (Wildman–Crippen LogP) is 3.04. The van der Waals surface area contributed by atoms with Gasteiger partial charge in [-0.15, -0.1) is 10.2 Å². The topological polar surface area (TPSA) is 80.0 Å². The Balaban J connectivity index is 1.51. The average molecular weight is 314 g/mol. The van der Waals surface area contributed by atoms with E-state index in [0.717, 1.165) is 16.1 Å². The summed E-state index contributed by atoms with van der Waals surface area (Å²) < 4.78 is 4.93. The molecule has 0 atom stereocenters. The van der Waals surface area contributed by atoms with Crippen LogP contribution in [-0.2, 0) is 13.0 Å². The molecule has 0 spiro atoms. The van der Waals surface area contributed by atoms with Gasteiger partial charge in [0.15, 0.2) is 0 Å². The highest BCUT2D eigenvalue weighted by Gasteiger charge is 2.08. The highest BCUT2D eigenvalue weighted by Crippen LogP contribution is 2.18. The first-order valence-electron chi connectivity index (χ1n) is 6.72. The molecular formula is C15H14N4O2S. The molecule has 2 aromatic heterocycles. The molecule has 0 saturated carbocycles. The molecule has 2 heterocycles. The minimum atomic E-state index is -0.316. The molecule has 7 heteroatoms. The minimum absolute atomic E-state index is 0.316. The van der Waals surface area contributed by atoms with Crippen molar-refractivity contribution >= 4 is 22.5 Å². The number of hydrogen-bond acceptors (Lipinski definition) is 5. The fourth-order valence-electron chi connectivity index (χ4n) is 1.86. The molecule has 0 radical (unpaired) electrons. The van der Waals surface area contributed by atoms with Crippen molar-refractivity contribution in [1.29, 1.82) is 0 Å². The van der Waals surface area contributed by atoms with Crippen molar-refractivity contribution in [2.45, 2.75) is 13.0 Å². The third kappa shape index (κ3) is 3.92. The molecule has 0 fully saturated rings. The highest BCUT2D eigenvalue weighted by molar-refractivity contribution is 7.15. The van der Waals surface area contributed by atoms with E-state index in [4.69, 9.17) is 4.42 Å². The molecule has 0 aliphatic carbocycles. The van der Waals surface area contributed by atoms with Gasteiger partial charge >= 0.3 is 6.03 Å². The Labute approximate surface area is 131 Å². The monoisotopic (exact) mass is 314 g/mol. The van der Waals surface area contributed by atoms with Crippen LogP contribution in [0.3, 0.4) is 0 Å². The first-order valence-corrected chi connectivity index (χ1v) is 7.53. The molecule has 3 aromatic rings. The Morgan fingerprint density at radius 2 is 2.00 bits per heavy atom. The zero-order valence-corrected chi connectivity index (χ0v) is 12.5. The SMILES string of the molecule is O=C(NCc1ccoc1)Nc1nnc(Cc2ccccc2)s1. The second kappa shape index (κ2) is 6.86. The lowest BCUT2D eigenvalue weighted by molar-refractivity contribution is 0.251. The molecule has 112 valence electrons. The molecule has 3 rings (SSSR count). The quantitative estimate of drug-likeness (QED) is 0.758. The Morgan fingerprint density at radius 1 is 1.14 bits per heavy atom. The van der Waals surface area contributed by atoms with E-state index in [1.165, 1.54) is 11.3 Å². The number of benzene rings is 1. The number of anilines is 1. The summed E-state index contributed by atoms with van der Waals surface area (Å²) in [5.74, 6) is 0. The smallest absolute Gasteiger partial charge is 0.321 e. The van der Waals surface area contributed by atoms with Crippen LogP contribution in [0.2, 0.25) is 0 Å². The lowest BCUT2D eigenvalue weighted by atomic mass is 10.2. The maximum Gasteiger partial charge on any atom is 0.321 e. The standard InChI is InChI=1S/C15H14N4O2S/c20-14(16-9-12-6-7-21-10-12)17-15-19-18-13(22-15)8-11-4-2-1-3-5-11/h1-7,10H,8-9H2,(H2,16,17,19,20). The molecular weight excluding hydrogens is 300 g/mol. The molecule has 6 nitrogen and oxygen atoms in total. The Morgan fingerprint density at radius 3 is 2.77 bits per heavy atom. The maximum atomic E-state index is 11.8. The number of nitrogens with zero attached hydrogens (tertiary/aromatic N) is 2. The zero-order chi connectivity index (χ0) is 15.2. The summed E-state index contributed by atoms with van der Waals surface area (Å²) in [7, 11) is 0. The maximum absolute atomic E-state index is 11.8. The fourth-order valence-corrected chi connectivity index (χ4v) is 2.63. The van der Waals surface area contributed by atoms with Gasteiger partial charge in [-0.05, 0) is 11.6 Å². The van der Waals surface area contributed by atoms with Gasteiger partial charge < -0.3 is 9.73 Å². The van der Waals surface area contributed by atoms with Gasteiger partial charge in [-0.2, -0.15) is 0 Å². The van der Waals surface area contributed by atoms with Crippen LogP contribution in [0.15, 0.2) is 53.3 Å². The normalized spacial score (nSPS) is 10.4. The highest BCUT2D eigenvalue weighted by atomic mass is 32.1. The van der Waals surface area contributed by atoms with Crippen molar-refractivity contribution in [3.8, 4) is 0 Å². The number of furan rings is 1. The Hall–Kier alpha value is -2.67. The first kappa shape index (κ1) is 14.3. The van der Waals surface area contributed by atoms with Crippen molar-refractivity contribution in [2.24, 2.45) is 0 Å². The van der Waals surface area contributed by atoms with Crippen LogP contribution in [0, 0.1) is 0 Å². The second-order valence-corrected chi connectivity index (χ2v) is 5.66. The number of aromatic nitrogens is 2. The van der Waals surface area contributed by atoms with Crippen molar-refractivity contribution in [3.63, 3.8) is 0 Å². The van der Waals surface area contributed by atoms with E-state index in [9.17, 15) is 4.79 Å². The van der Waals surface area contributed by atoms with E-state index >= 15 is 0 Å². The van der Waals surface area contributed by atoms with Gasteiger partial charge in [-0.25, -0.2) is 4.79 Å².